The molecule has 0 aromatic heterocycles. The van der Waals surface area contributed by atoms with Crippen LogP contribution in [0.3, 0.4) is 0 Å². The van der Waals surface area contributed by atoms with E-state index in [1.165, 1.54) is 16.8 Å². The third kappa shape index (κ3) is 2.43. The molecule has 0 atom stereocenters. The van der Waals surface area contributed by atoms with Gasteiger partial charge in [-0.2, -0.15) is 0 Å². The molecule has 19 heavy (non-hydrogen) atoms. The van der Waals surface area contributed by atoms with Gasteiger partial charge in [-0.25, -0.2) is 0 Å². The molecule has 1 aliphatic rings. The van der Waals surface area contributed by atoms with Gasteiger partial charge in [0.1, 0.15) is 0 Å². The Bertz CT molecular complexity index is 620. The van der Waals surface area contributed by atoms with Gasteiger partial charge < -0.3 is 4.90 Å². The molecule has 0 saturated carbocycles. The number of benzodiazepines with no additional fused rings is 1. The van der Waals surface area contributed by atoms with Crippen molar-refractivity contribution in [2.24, 2.45) is 4.99 Å². The number of halogens is 1. The maximum atomic E-state index is 4.78. The molecule has 0 radical (unpaired) electrons. The van der Waals surface area contributed by atoms with E-state index in [1.807, 2.05) is 6.07 Å². The Morgan fingerprint density at radius 3 is 2.68 bits per heavy atom. The number of anilines is 1. The molecule has 0 fully saturated rings. The first-order valence-electron chi connectivity index (χ1n) is 6.36. The molecule has 0 bridgehead atoms. The van der Waals surface area contributed by atoms with E-state index in [0.717, 1.165) is 23.3 Å². The number of fused-ring (bicyclic) bond motifs is 1. The number of hydrogen-bond donors (Lipinski definition) is 0. The second-order valence-electron chi connectivity index (χ2n) is 4.68. The molecule has 96 valence electrons. The minimum Gasteiger partial charge on any atom is -0.372 e. The van der Waals surface area contributed by atoms with E-state index in [2.05, 4.69) is 70.3 Å². The van der Waals surface area contributed by atoms with Crippen molar-refractivity contribution in [2.75, 3.05) is 25.0 Å². The van der Waals surface area contributed by atoms with Gasteiger partial charge in [0.05, 0.1) is 12.3 Å². The lowest BCUT2D eigenvalue weighted by atomic mass is 10.0. The second kappa shape index (κ2) is 5.17. The first kappa shape index (κ1) is 12.4. The summed E-state index contributed by atoms with van der Waals surface area (Å²) in [4.78, 5) is 7.05. The molecule has 0 amide bonds. The van der Waals surface area contributed by atoms with Crippen LogP contribution in [0.4, 0.5) is 5.69 Å². The Hall–Kier alpha value is -1.61. The molecular weight excluding hydrogens is 300 g/mol. The van der Waals surface area contributed by atoms with Gasteiger partial charge in [0, 0.05) is 34.9 Å². The zero-order chi connectivity index (χ0) is 13.2. The van der Waals surface area contributed by atoms with Crippen molar-refractivity contribution >= 4 is 27.3 Å². The van der Waals surface area contributed by atoms with Crippen LogP contribution in [-0.2, 0) is 0 Å². The summed E-state index contributed by atoms with van der Waals surface area (Å²) in [7, 11) is 2.12. The number of rotatable bonds is 1. The highest BCUT2D eigenvalue weighted by atomic mass is 79.9. The fraction of sp³-hybridized carbons (Fsp3) is 0.188. The van der Waals surface area contributed by atoms with Crippen molar-refractivity contribution in [3.63, 3.8) is 0 Å². The van der Waals surface area contributed by atoms with Crippen molar-refractivity contribution in [1.29, 1.82) is 0 Å². The smallest absolute Gasteiger partial charge is 0.0740 e. The Kier molecular flexibility index (Phi) is 3.38. The third-order valence-electron chi connectivity index (χ3n) is 3.38. The maximum Gasteiger partial charge on any atom is 0.0740 e. The van der Waals surface area contributed by atoms with Crippen molar-refractivity contribution in [3.05, 3.63) is 64.1 Å². The first-order valence-corrected chi connectivity index (χ1v) is 7.16. The molecule has 0 saturated heterocycles. The molecular formula is C16H15BrN2. The van der Waals surface area contributed by atoms with E-state index in [0.29, 0.717) is 0 Å². The predicted octanol–water partition coefficient (Wildman–Crippen LogP) is 3.74. The summed E-state index contributed by atoms with van der Waals surface area (Å²) in [5.74, 6) is 0. The zero-order valence-corrected chi connectivity index (χ0v) is 12.4. The van der Waals surface area contributed by atoms with E-state index < -0.39 is 0 Å². The summed E-state index contributed by atoms with van der Waals surface area (Å²) in [6.07, 6.45) is 0. The lowest BCUT2D eigenvalue weighted by Gasteiger charge is -2.19. The molecule has 3 heteroatoms. The van der Waals surface area contributed by atoms with E-state index >= 15 is 0 Å². The van der Waals surface area contributed by atoms with Gasteiger partial charge >= 0.3 is 0 Å². The van der Waals surface area contributed by atoms with Crippen molar-refractivity contribution in [3.8, 4) is 0 Å². The summed E-state index contributed by atoms with van der Waals surface area (Å²) >= 11 is 3.56. The molecule has 2 nitrogen and oxygen atoms in total. The van der Waals surface area contributed by atoms with Gasteiger partial charge in [0.25, 0.3) is 0 Å². The van der Waals surface area contributed by atoms with Crippen LogP contribution in [0.25, 0.3) is 0 Å². The van der Waals surface area contributed by atoms with Gasteiger partial charge in [-0.3, -0.25) is 4.99 Å². The molecule has 2 aromatic carbocycles. The van der Waals surface area contributed by atoms with Crippen LogP contribution < -0.4 is 4.90 Å². The number of hydrogen-bond acceptors (Lipinski definition) is 2. The van der Waals surface area contributed by atoms with Gasteiger partial charge in [-0.05, 0) is 18.2 Å². The van der Waals surface area contributed by atoms with Gasteiger partial charge in [-0.1, -0.05) is 46.3 Å². The van der Waals surface area contributed by atoms with Crippen molar-refractivity contribution in [1.82, 2.24) is 0 Å². The first-order chi connectivity index (χ1) is 9.25. The second-order valence-corrected chi connectivity index (χ2v) is 5.60. The molecule has 0 aliphatic carbocycles. The Labute approximate surface area is 121 Å². The van der Waals surface area contributed by atoms with Crippen LogP contribution in [0.2, 0.25) is 0 Å². The summed E-state index contributed by atoms with van der Waals surface area (Å²) in [5, 5.41) is 0. The normalized spacial score (nSPS) is 14.6. The Morgan fingerprint density at radius 1 is 1.11 bits per heavy atom. The monoisotopic (exact) mass is 314 g/mol. The van der Waals surface area contributed by atoms with Crippen LogP contribution in [0.15, 0.2) is 58.0 Å². The van der Waals surface area contributed by atoms with Gasteiger partial charge in [0.2, 0.25) is 0 Å². The lowest BCUT2D eigenvalue weighted by Crippen LogP contribution is -2.20. The van der Waals surface area contributed by atoms with E-state index in [-0.39, 0.29) is 0 Å². The van der Waals surface area contributed by atoms with E-state index in [4.69, 9.17) is 4.99 Å². The maximum absolute atomic E-state index is 4.78. The highest BCUT2D eigenvalue weighted by Gasteiger charge is 2.17. The SMILES string of the molecule is CN1CCN=C(c2ccccc2)c2cc(Br)ccc21. The van der Waals surface area contributed by atoms with Crippen LogP contribution in [0.5, 0.6) is 0 Å². The highest BCUT2D eigenvalue weighted by molar-refractivity contribution is 9.10. The van der Waals surface area contributed by atoms with Crippen LogP contribution in [-0.4, -0.2) is 25.8 Å². The Balaban J connectivity index is 2.18. The molecule has 2 aromatic rings. The molecule has 3 rings (SSSR count). The van der Waals surface area contributed by atoms with E-state index in [9.17, 15) is 0 Å². The van der Waals surface area contributed by atoms with Crippen LogP contribution >= 0.6 is 15.9 Å². The van der Waals surface area contributed by atoms with Crippen molar-refractivity contribution in [2.45, 2.75) is 0 Å². The average Bonchev–Trinajstić information content (AvgIpc) is 2.59. The standard InChI is InChI=1S/C16H15BrN2/c1-19-10-9-18-16(12-5-3-2-4-6-12)14-11-13(17)7-8-15(14)19/h2-8,11H,9-10H2,1H3. The number of aliphatic imine (C=N–C) groups is 1. The number of likely N-dealkylation sites (N-methyl/N-ethyl adjacent to an activating group) is 1. The Morgan fingerprint density at radius 2 is 1.89 bits per heavy atom. The lowest BCUT2D eigenvalue weighted by molar-refractivity contribution is 0.896. The average molecular weight is 315 g/mol. The minimum absolute atomic E-state index is 0.826. The summed E-state index contributed by atoms with van der Waals surface area (Å²) in [6.45, 7) is 1.78. The fourth-order valence-corrected chi connectivity index (χ4v) is 2.75. The molecule has 1 heterocycles. The topological polar surface area (TPSA) is 15.6 Å². The van der Waals surface area contributed by atoms with Crippen molar-refractivity contribution < 1.29 is 0 Å². The molecule has 0 N–H and O–H groups in total. The minimum atomic E-state index is 0.826. The summed E-state index contributed by atoms with van der Waals surface area (Å²) < 4.78 is 1.09. The summed E-state index contributed by atoms with van der Waals surface area (Å²) in [5.41, 5.74) is 4.70. The van der Waals surface area contributed by atoms with Gasteiger partial charge in [-0.15, -0.1) is 0 Å². The fourth-order valence-electron chi connectivity index (χ4n) is 2.39. The highest BCUT2D eigenvalue weighted by Crippen LogP contribution is 2.28. The quantitative estimate of drug-likeness (QED) is 0.783. The summed E-state index contributed by atoms with van der Waals surface area (Å²) in [6, 6.07) is 16.8. The third-order valence-corrected chi connectivity index (χ3v) is 3.87. The predicted molar refractivity (Wildman–Crippen MR) is 84.4 cm³/mol. The van der Waals surface area contributed by atoms with Crippen LogP contribution in [0, 0.1) is 0 Å². The van der Waals surface area contributed by atoms with Gasteiger partial charge in [0.15, 0.2) is 0 Å². The molecule has 1 aliphatic heterocycles. The zero-order valence-electron chi connectivity index (χ0n) is 10.8. The number of benzene rings is 2. The number of nitrogens with zero attached hydrogens (tertiary/aromatic N) is 2. The van der Waals surface area contributed by atoms with E-state index in [1.54, 1.807) is 0 Å². The largest absolute Gasteiger partial charge is 0.372 e. The molecule has 0 spiro atoms. The molecule has 0 unspecified atom stereocenters. The van der Waals surface area contributed by atoms with Crippen LogP contribution in [0.1, 0.15) is 11.1 Å².